The van der Waals surface area contributed by atoms with Crippen molar-refractivity contribution < 1.29 is 0 Å². The highest BCUT2D eigenvalue weighted by atomic mass is 32.2. The zero-order valence-electron chi connectivity index (χ0n) is 10.8. The molecule has 1 aliphatic heterocycles. The summed E-state index contributed by atoms with van der Waals surface area (Å²) in [7, 11) is 0. The minimum absolute atomic E-state index is 0.634. The predicted molar refractivity (Wildman–Crippen MR) is 78.2 cm³/mol. The molecule has 1 fully saturated rings. The van der Waals surface area contributed by atoms with Crippen molar-refractivity contribution >= 4 is 17.4 Å². The van der Waals surface area contributed by atoms with Gasteiger partial charge in [0.2, 0.25) is 0 Å². The van der Waals surface area contributed by atoms with Crippen molar-refractivity contribution in [2.24, 2.45) is 0 Å². The van der Waals surface area contributed by atoms with Gasteiger partial charge in [0.1, 0.15) is 0 Å². The van der Waals surface area contributed by atoms with E-state index in [2.05, 4.69) is 60.1 Å². The maximum Gasteiger partial charge on any atom is 0.0366 e. The Kier molecular flexibility index (Phi) is 4.75. The molecule has 2 rings (SSSR count). The molecule has 0 amide bonds. The van der Waals surface area contributed by atoms with Crippen LogP contribution < -0.4 is 10.2 Å². The third-order valence-electron chi connectivity index (χ3n) is 3.22. The second-order valence-electron chi connectivity index (χ2n) is 4.60. The van der Waals surface area contributed by atoms with E-state index in [1.54, 1.807) is 0 Å². The first kappa shape index (κ1) is 12.8. The highest BCUT2D eigenvalue weighted by Gasteiger charge is 2.16. The van der Waals surface area contributed by atoms with Gasteiger partial charge < -0.3 is 10.2 Å². The molecule has 1 aliphatic rings. The lowest BCUT2D eigenvalue weighted by Gasteiger charge is -2.31. The van der Waals surface area contributed by atoms with Crippen LogP contribution in [0.3, 0.4) is 0 Å². The molecule has 0 saturated carbocycles. The average Bonchev–Trinajstić information content (AvgIpc) is 2.38. The largest absolute Gasteiger partial charge is 0.370 e. The number of nitrogens with zero attached hydrogens (tertiary/aromatic N) is 1. The number of nitrogens with one attached hydrogen (secondary N) is 1. The van der Waals surface area contributed by atoms with Gasteiger partial charge in [-0.05, 0) is 26.0 Å². The van der Waals surface area contributed by atoms with Gasteiger partial charge in [0.15, 0.2) is 0 Å². The van der Waals surface area contributed by atoms with E-state index >= 15 is 0 Å². The van der Waals surface area contributed by atoms with Crippen LogP contribution in [0.2, 0.25) is 0 Å². The number of aryl methyl sites for hydroxylation is 1. The van der Waals surface area contributed by atoms with Gasteiger partial charge in [-0.1, -0.05) is 17.7 Å². The summed E-state index contributed by atoms with van der Waals surface area (Å²) < 4.78 is 0. The van der Waals surface area contributed by atoms with E-state index in [1.165, 1.54) is 22.8 Å². The number of rotatable bonds is 4. The molecule has 1 heterocycles. The zero-order valence-corrected chi connectivity index (χ0v) is 11.6. The van der Waals surface area contributed by atoms with Gasteiger partial charge in [-0.15, -0.1) is 0 Å². The van der Waals surface area contributed by atoms with E-state index in [9.17, 15) is 0 Å². The van der Waals surface area contributed by atoms with Gasteiger partial charge >= 0.3 is 0 Å². The number of hydrogen-bond acceptors (Lipinski definition) is 3. The Morgan fingerprint density at radius 1 is 1.35 bits per heavy atom. The van der Waals surface area contributed by atoms with E-state index in [0.29, 0.717) is 6.04 Å². The molecule has 17 heavy (non-hydrogen) atoms. The molecule has 1 aromatic carbocycles. The van der Waals surface area contributed by atoms with Crippen LogP contribution in [-0.4, -0.2) is 37.2 Å². The Balaban J connectivity index is 1.97. The van der Waals surface area contributed by atoms with Crippen LogP contribution in [0.4, 0.5) is 5.69 Å². The van der Waals surface area contributed by atoms with E-state index < -0.39 is 0 Å². The number of anilines is 1. The molecule has 1 unspecified atom stereocenters. The highest BCUT2D eigenvalue weighted by molar-refractivity contribution is 7.99. The molecule has 0 radical (unpaired) electrons. The monoisotopic (exact) mass is 250 g/mol. The van der Waals surface area contributed by atoms with Gasteiger partial charge in [0, 0.05) is 42.9 Å². The quantitative estimate of drug-likeness (QED) is 0.884. The second kappa shape index (κ2) is 6.31. The molecule has 1 saturated heterocycles. The molecule has 94 valence electrons. The lowest BCUT2D eigenvalue weighted by molar-refractivity contribution is 0.553. The molecule has 1 aromatic rings. The fourth-order valence-electron chi connectivity index (χ4n) is 2.18. The smallest absolute Gasteiger partial charge is 0.0366 e. The Morgan fingerprint density at radius 3 is 2.71 bits per heavy atom. The molecular formula is C14H22N2S. The Hall–Kier alpha value is -0.670. The lowest BCUT2D eigenvalue weighted by atomic mass is 10.2. The van der Waals surface area contributed by atoms with Crippen molar-refractivity contribution in [3.63, 3.8) is 0 Å². The van der Waals surface area contributed by atoms with Gasteiger partial charge in [-0.3, -0.25) is 0 Å². The summed E-state index contributed by atoms with van der Waals surface area (Å²) in [6.07, 6.45) is 0. The van der Waals surface area contributed by atoms with Crippen LogP contribution in [0.15, 0.2) is 24.3 Å². The predicted octanol–water partition coefficient (Wildman–Crippen LogP) is 2.53. The third-order valence-corrected chi connectivity index (χ3v) is 4.35. The summed E-state index contributed by atoms with van der Waals surface area (Å²) >= 11 is 2.06. The van der Waals surface area contributed by atoms with Crippen molar-refractivity contribution in [1.82, 2.24) is 5.32 Å². The summed E-state index contributed by atoms with van der Waals surface area (Å²) in [6, 6.07) is 9.49. The summed E-state index contributed by atoms with van der Waals surface area (Å²) in [5.74, 6) is 2.50. The first-order valence-corrected chi connectivity index (χ1v) is 7.58. The van der Waals surface area contributed by atoms with E-state index in [4.69, 9.17) is 0 Å². The topological polar surface area (TPSA) is 15.3 Å². The molecule has 3 heteroatoms. The molecule has 0 aromatic heterocycles. The third kappa shape index (κ3) is 3.65. The van der Waals surface area contributed by atoms with Crippen LogP contribution in [-0.2, 0) is 0 Å². The van der Waals surface area contributed by atoms with Crippen LogP contribution in [0.1, 0.15) is 12.5 Å². The number of hydrogen-bond donors (Lipinski definition) is 1. The minimum Gasteiger partial charge on any atom is -0.370 e. The standard InChI is InChI=1S/C14H22N2S/c1-3-16(10-13-11-17-9-8-15-13)14-6-4-12(2)5-7-14/h4-7,13,15H,3,8-11H2,1-2H3. The first-order chi connectivity index (χ1) is 8.29. The number of benzene rings is 1. The van der Waals surface area contributed by atoms with Crippen LogP contribution in [0.25, 0.3) is 0 Å². The molecule has 0 bridgehead atoms. The maximum atomic E-state index is 3.60. The summed E-state index contributed by atoms with van der Waals surface area (Å²) in [5.41, 5.74) is 2.67. The van der Waals surface area contributed by atoms with Gasteiger partial charge in [-0.2, -0.15) is 11.8 Å². The van der Waals surface area contributed by atoms with Crippen molar-refractivity contribution in [2.75, 3.05) is 36.0 Å². The lowest BCUT2D eigenvalue weighted by Crippen LogP contribution is -2.46. The summed E-state index contributed by atoms with van der Waals surface area (Å²) in [4.78, 5) is 2.46. The number of likely N-dealkylation sites (N-methyl/N-ethyl adjacent to an activating group) is 1. The van der Waals surface area contributed by atoms with Crippen LogP contribution >= 0.6 is 11.8 Å². The van der Waals surface area contributed by atoms with E-state index in [-0.39, 0.29) is 0 Å². The Morgan fingerprint density at radius 2 is 2.12 bits per heavy atom. The van der Waals surface area contributed by atoms with Crippen molar-refractivity contribution in [3.05, 3.63) is 29.8 Å². The van der Waals surface area contributed by atoms with E-state index in [1.807, 2.05) is 0 Å². The molecular weight excluding hydrogens is 228 g/mol. The second-order valence-corrected chi connectivity index (χ2v) is 5.75. The van der Waals surface area contributed by atoms with Crippen LogP contribution in [0, 0.1) is 6.92 Å². The zero-order chi connectivity index (χ0) is 12.1. The summed E-state index contributed by atoms with van der Waals surface area (Å²) in [5, 5.41) is 3.60. The maximum absolute atomic E-state index is 3.60. The fraction of sp³-hybridized carbons (Fsp3) is 0.571. The number of thioether (sulfide) groups is 1. The molecule has 2 nitrogen and oxygen atoms in total. The highest BCUT2D eigenvalue weighted by Crippen LogP contribution is 2.17. The van der Waals surface area contributed by atoms with E-state index in [0.717, 1.165) is 19.6 Å². The fourth-order valence-corrected chi connectivity index (χ4v) is 3.11. The van der Waals surface area contributed by atoms with Crippen LogP contribution in [0.5, 0.6) is 0 Å². The molecule has 0 spiro atoms. The molecule has 1 N–H and O–H groups in total. The first-order valence-electron chi connectivity index (χ1n) is 6.42. The normalized spacial score (nSPS) is 20.2. The Bertz CT molecular complexity index is 331. The summed E-state index contributed by atoms with van der Waals surface area (Å²) in [6.45, 7) is 7.72. The molecule has 1 atom stereocenters. The average molecular weight is 250 g/mol. The van der Waals surface area contributed by atoms with Crippen molar-refractivity contribution in [3.8, 4) is 0 Å². The van der Waals surface area contributed by atoms with Crippen molar-refractivity contribution in [1.29, 1.82) is 0 Å². The van der Waals surface area contributed by atoms with Gasteiger partial charge in [0.05, 0.1) is 0 Å². The minimum atomic E-state index is 0.634. The van der Waals surface area contributed by atoms with Crippen molar-refractivity contribution in [2.45, 2.75) is 19.9 Å². The SMILES string of the molecule is CCN(CC1CSCCN1)c1ccc(C)cc1. The van der Waals surface area contributed by atoms with Gasteiger partial charge in [-0.25, -0.2) is 0 Å². The van der Waals surface area contributed by atoms with Gasteiger partial charge in [0.25, 0.3) is 0 Å². The molecule has 0 aliphatic carbocycles. The Labute approximate surface area is 109 Å².